The Hall–Kier alpha value is -1.02. The molecule has 14 heavy (non-hydrogen) atoms. The predicted molar refractivity (Wildman–Crippen MR) is 58.8 cm³/mol. The fourth-order valence-corrected chi connectivity index (χ4v) is 1.41. The van der Waals surface area contributed by atoms with E-state index in [-0.39, 0.29) is 5.78 Å². The number of hydrogen-bond acceptors (Lipinski definition) is 1. The van der Waals surface area contributed by atoms with Crippen LogP contribution in [-0.4, -0.2) is 16.2 Å². The van der Waals surface area contributed by atoms with E-state index < -0.39 is 0 Å². The van der Waals surface area contributed by atoms with Gasteiger partial charge in [0.15, 0.2) is 0 Å². The molecule has 0 fully saturated rings. The summed E-state index contributed by atoms with van der Waals surface area (Å²) in [5, 5.41) is 0. The number of nitrogens with zero attached hydrogens (tertiary/aromatic N) is 1. The summed E-state index contributed by atoms with van der Waals surface area (Å²) in [5.41, 5.74) is 1.32. The monoisotopic (exact) mass is 211 g/mol. The van der Waals surface area contributed by atoms with Gasteiger partial charge >= 0.3 is 0 Å². The molecule has 0 spiro atoms. The molecule has 0 bridgehead atoms. The van der Waals surface area contributed by atoms with E-state index in [0.717, 1.165) is 6.42 Å². The minimum absolute atomic E-state index is 0.0163. The summed E-state index contributed by atoms with van der Waals surface area (Å²) in [6, 6.07) is 3.65. The molecule has 0 unspecified atom stereocenters. The molecule has 1 heterocycles. The van der Waals surface area contributed by atoms with Gasteiger partial charge in [-0.05, 0) is 30.5 Å². The quantitative estimate of drug-likeness (QED) is 0.417. The van der Waals surface area contributed by atoms with E-state index in [1.165, 1.54) is 0 Å². The lowest BCUT2D eigenvalue weighted by Crippen LogP contribution is -2.07. The molecule has 3 heteroatoms. The van der Waals surface area contributed by atoms with Gasteiger partial charge in [-0.1, -0.05) is 6.58 Å². The molecule has 0 atom stereocenters. The van der Waals surface area contributed by atoms with Gasteiger partial charge in [0.25, 0.3) is 0 Å². The van der Waals surface area contributed by atoms with Crippen LogP contribution in [0.1, 0.15) is 23.3 Å². The zero-order chi connectivity index (χ0) is 10.6. The second kappa shape index (κ2) is 5.01. The molecule has 76 valence electrons. The normalized spacial score (nSPS) is 10.1. The van der Waals surface area contributed by atoms with Gasteiger partial charge in [0.05, 0.1) is 5.69 Å². The van der Waals surface area contributed by atoms with Crippen molar-refractivity contribution in [2.24, 2.45) is 7.05 Å². The van der Waals surface area contributed by atoms with Crippen LogP contribution in [0.15, 0.2) is 30.5 Å². The summed E-state index contributed by atoms with van der Waals surface area (Å²) < 4.78 is 1.80. The van der Waals surface area contributed by atoms with Crippen molar-refractivity contribution in [3.8, 4) is 0 Å². The molecule has 0 saturated carbocycles. The van der Waals surface area contributed by atoms with Crippen LogP contribution in [0.2, 0.25) is 0 Å². The summed E-state index contributed by atoms with van der Waals surface area (Å²) in [5.74, 6) is 0.585. The van der Waals surface area contributed by atoms with Crippen molar-refractivity contribution < 1.29 is 4.79 Å². The smallest absolute Gasteiger partial charge is 0.204 e. The number of carbonyl (C=O) groups is 1. The van der Waals surface area contributed by atoms with Gasteiger partial charge in [-0.2, -0.15) is 0 Å². The van der Waals surface area contributed by atoms with Crippen LogP contribution in [0.3, 0.4) is 0 Å². The van der Waals surface area contributed by atoms with E-state index in [0.29, 0.717) is 23.6 Å². The largest absolute Gasteiger partial charge is 0.348 e. The van der Waals surface area contributed by atoms with Crippen LogP contribution in [-0.2, 0) is 7.05 Å². The third-order valence-corrected chi connectivity index (χ3v) is 2.38. The highest BCUT2D eigenvalue weighted by Gasteiger charge is 2.11. The molecule has 2 nitrogen and oxygen atoms in total. The van der Waals surface area contributed by atoms with Crippen molar-refractivity contribution in [2.75, 3.05) is 5.88 Å². The standard InChI is InChI=1S/C11H14ClNO/c1-9(5-3-7-12)11(14)10-6-4-8-13(10)2/h4,6,8H,1,3,5,7H2,2H3. The van der Waals surface area contributed by atoms with Crippen molar-refractivity contribution in [3.63, 3.8) is 0 Å². The summed E-state index contributed by atoms with van der Waals surface area (Å²) in [6.07, 6.45) is 3.33. The number of aryl methyl sites for hydroxylation is 1. The van der Waals surface area contributed by atoms with Crippen molar-refractivity contribution in [1.82, 2.24) is 4.57 Å². The SMILES string of the molecule is C=C(CCCCl)C(=O)c1cccn1C. The Morgan fingerprint density at radius 2 is 2.36 bits per heavy atom. The molecule has 0 aliphatic heterocycles. The average Bonchev–Trinajstić information content (AvgIpc) is 2.59. The Labute approximate surface area is 89.2 Å². The van der Waals surface area contributed by atoms with Crippen LogP contribution in [0, 0.1) is 0 Å². The minimum Gasteiger partial charge on any atom is -0.348 e. The number of ketones is 1. The zero-order valence-electron chi connectivity index (χ0n) is 8.29. The van der Waals surface area contributed by atoms with Crippen LogP contribution in [0.25, 0.3) is 0 Å². The Balaban J connectivity index is 2.66. The molecule has 0 aliphatic rings. The molecule has 1 aromatic rings. The van der Waals surface area contributed by atoms with E-state index in [4.69, 9.17) is 11.6 Å². The minimum atomic E-state index is 0.0163. The molecule has 1 rings (SSSR count). The number of Topliss-reactive ketones (excluding diaryl/α,β-unsaturated/α-hetero) is 1. The van der Waals surface area contributed by atoms with Gasteiger partial charge in [0.2, 0.25) is 5.78 Å². The van der Waals surface area contributed by atoms with Crippen molar-refractivity contribution in [1.29, 1.82) is 0 Å². The lowest BCUT2D eigenvalue weighted by molar-refractivity contribution is 0.102. The lowest BCUT2D eigenvalue weighted by atomic mass is 10.1. The van der Waals surface area contributed by atoms with Crippen LogP contribution in [0.4, 0.5) is 0 Å². The van der Waals surface area contributed by atoms with Crippen molar-refractivity contribution in [2.45, 2.75) is 12.8 Å². The Morgan fingerprint density at radius 3 is 2.86 bits per heavy atom. The summed E-state index contributed by atoms with van der Waals surface area (Å²) in [6.45, 7) is 3.77. The maximum Gasteiger partial charge on any atom is 0.204 e. The third-order valence-electron chi connectivity index (χ3n) is 2.11. The Kier molecular flexibility index (Phi) is 3.96. The van der Waals surface area contributed by atoms with Gasteiger partial charge in [-0.15, -0.1) is 11.6 Å². The zero-order valence-corrected chi connectivity index (χ0v) is 9.05. The first-order valence-corrected chi connectivity index (χ1v) is 5.10. The molecule has 1 aromatic heterocycles. The molecule has 0 aliphatic carbocycles. The Bertz CT molecular complexity index is 341. The molecular formula is C11H14ClNO. The summed E-state index contributed by atoms with van der Waals surface area (Å²) in [4.78, 5) is 11.8. The van der Waals surface area contributed by atoms with E-state index in [1.807, 2.05) is 19.3 Å². The maximum atomic E-state index is 11.8. The lowest BCUT2D eigenvalue weighted by Gasteiger charge is -2.04. The van der Waals surface area contributed by atoms with E-state index in [9.17, 15) is 4.79 Å². The van der Waals surface area contributed by atoms with Crippen LogP contribution < -0.4 is 0 Å². The number of halogens is 1. The van der Waals surface area contributed by atoms with E-state index in [1.54, 1.807) is 10.6 Å². The van der Waals surface area contributed by atoms with Crippen LogP contribution in [0.5, 0.6) is 0 Å². The second-order valence-corrected chi connectivity index (χ2v) is 3.61. The molecule has 0 aromatic carbocycles. The summed E-state index contributed by atoms with van der Waals surface area (Å²) in [7, 11) is 1.85. The number of aromatic nitrogens is 1. The highest BCUT2D eigenvalue weighted by atomic mass is 35.5. The number of carbonyl (C=O) groups excluding carboxylic acids is 1. The number of rotatable bonds is 5. The average molecular weight is 212 g/mol. The molecule has 0 N–H and O–H groups in total. The highest BCUT2D eigenvalue weighted by molar-refractivity contribution is 6.17. The summed E-state index contributed by atoms with van der Waals surface area (Å²) >= 11 is 5.55. The third kappa shape index (κ3) is 2.48. The first-order valence-electron chi connectivity index (χ1n) is 4.56. The number of allylic oxidation sites excluding steroid dienone is 1. The maximum absolute atomic E-state index is 11.8. The van der Waals surface area contributed by atoms with Gasteiger partial charge in [-0.25, -0.2) is 0 Å². The fourth-order valence-electron chi connectivity index (χ4n) is 1.27. The first-order chi connectivity index (χ1) is 6.66. The fraction of sp³-hybridized carbons (Fsp3) is 0.364. The van der Waals surface area contributed by atoms with Gasteiger partial charge in [0.1, 0.15) is 0 Å². The first kappa shape index (κ1) is 11.1. The number of alkyl halides is 1. The van der Waals surface area contributed by atoms with Crippen molar-refractivity contribution >= 4 is 17.4 Å². The van der Waals surface area contributed by atoms with Crippen LogP contribution >= 0.6 is 11.6 Å². The Morgan fingerprint density at radius 1 is 1.64 bits per heavy atom. The number of hydrogen-bond donors (Lipinski definition) is 0. The van der Waals surface area contributed by atoms with E-state index >= 15 is 0 Å². The topological polar surface area (TPSA) is 22.0 Å². The molecule has 0 saturated heterocycles. The van der Waals surface area contributed by atoms with Gasteiger partial charge in [0, 0.05) is 19.1 Å². The van der Waals surface area contributed by atoms with Gasteiger partial charge in [-0.3, -0.25) is 4.79 Å². The molecule has 0 amide bonds. The van der Waals surface area contributed by atoms with E-state index in [2.05, 4.69) is 6.58 Å². The second-order valence-electron chi connectivity index (χ2n) is 3.23. The predicted octanol–water partition coefficient (Wildman–Crippen LogP) is 2.78. The molecular weight excluding hydrogens is 198 g/mol. The highest BCUT2D eigenvalue weighted by Crippen LogP contribution is 2.12. The van der Waals surface area contributed by atoms with Gasteiger partial charge < -0.3 is 4.57 Å². The van der Waals surface area contributed by atoms with Crippen molar-refractivity contribution in [3.05, 3.63) is 36.2 Å². The molecule has 0 radical (unpaired) electrons.